The summed E-state index contributed by atoms with van der Waals surface area (Å²) in [6.07, 6.45) is 8.93. The number of hydrogen-bond donors (Lipinski definition) is 1. The first kappa shape index (κ1) is 16.3. The van der Waals surface area contributed by atoms with Gasteiger partial charge >= 0.3 is 5.97 Å². The maximum absolute atomic E-state index is 11.8. The Bertz CT molecular complexity index is 963. The van der Waals surface area contributed by atoms with Crippen molar-refractivity contribution in [1.82, 2.24) is 9.97 Å². The smallest absolute Gasteiger partial charge is 0.340 e. The van der Waals surface area contributed by atoms with Gasteiger partial charge in [-0.05, 0) is 35.9 Å². The second kappa shape index (κ2) is 7.37. The summed E-state index contributed by atoms with van der Waals surface area (Å²) in [5.41, 5.74) is 2.79. The van der Waals surface area contributed by atoms with Crippen LogP contribution in [-0.2, 0) is 4.74 Å². The SMILES string of the molecule is C#CCOc1ccc(C=Cc2nc3c(C(=O)OC)cccc3[nH]2)cc1. The number of fused-ring (bicyclic) bond motifs is 1. The number of imidazole rings is 1. The number of hydrogen-bond acceptors (Lipinski definition) is 4. The molecule has 0 unspecified atom stereocenters. The molecule has 0 radical (unpaired) electrons. The van der Waals surface area contributed by atoms with Gasteiger partial charge in [-0.2, -0.15) is 0 Å². The molecule has 1 N–H and O–H groups in total. The number of ether oxygens (including phenoxy) is 2. The van der Waals surface area contributed by atoms with E-state index in [2.05, 4.69) is 15.9 Å². The molecule has 0 fully saturated rings. The largest absolute Gasteiger partial charge is 0.481 e. The van der Waals surface area contributed by atoms with Crippen LogP contribution in [0.1, 0.15) is 21.7 Å². The van der Waals surface area contributed by atoms with E-state index in [1.54, 1.807) is 12.1 Å². The van der Waals surface area contributed by atoms with Crippen molar-refractivity contribution in [2.24, 2.45) is 0 Å². The number of aromatic amines is 1. The van der Waals surface area contributed by atoms with Gasteiger partial charge in [0.2, 0.25) is 0 Å². The molecule has 2 aromatic carbocycles. The Morgan fingerprint density at radius 3 is 2.76 bits per heavy atom. The lowest BCUT2D eigenvalue weighted by atomic mass is 10.2. The Kier molecular flexibility index (Phi) is 4.82. The number of carbonyl (C=O) groups excluding carboxylic acids is 1. The summed E-state index contributed by atoms with van der Waals surface area (Å²) in [6, 6.07) is 12.9. The zero-order valence-corrected chi connectivity index (χ0v) is 13.7. The molecule has 3 rings (SSSR count). The molecular formula is C20H16N2O3. The van der Waals surface area contributed by atoms with E-state index in [9.17, 15) is 4.79 Å². The number of terminal acetylenes is 1. The average Bonchev–Trinajstić information content (AvgIpc) is 3.08. The van der Waals surface area contributed by atoms with Gasteiger partial charge in [-0.3, -0.25) is 0 Å². The van der Waals surface area contributed by atoms with Crippen LogP contribution >= 0.6 is 0 Å². The van der Waals surface area contributed by atoms with Crippen molar-refractivity contribution in [3.05, 3.63) is 59.4 Å². The highest BCUT2D eigenvalue weighted by Crippen LogP contribution is 2.19. The van der Waals surface area contributed by atoms with Crippen LogP contribution in [0.4, 0.5) is 0 Å². The lowest BCUT2D eigenvalue weighted by molar-refractivity contribution is 0.0603. The Balaban J connectivity index is 1.82. The van der Waals surface area contributed by atoms with Crippen LogP contribution in [0, 0.1) is 12.3 Å². The molecule has 1 heterocycles. The maximum atomic E-state index is 11.8. The Hall–Kier alpha value is -3.52. The minimum atomic E-state index is -0.407. The number of nitrogens with zero attached hydrogens (tertiary/aromatic N) is 1. The molecule has 0 saturated heterocycles. The average molecular weight is 332 g/mol. The fourth-order valence-corrected chi connectivity index (χ4v) is 2.38. The third-order valence-electron chi connectivity index (χ3n) is 3.57. The first-order valence-electron chi connectivity index (χ1n) is 7.62. The molecule has 0 aliphatic rings. The summed E-state index contributed by atoms with van der Waals surface area (Å²) < 4.78 is 10.1. The van der Waals surface area contributed by atoms with Crippen LogP contribution in [0.25, 0.3) is 23.2 Å². The maximum Gasteiger partial charge on any atom is 0.340 e. The zero-order valence-electron chi connectivity index (χ0n) is 13.7. The Labute approximate surface area is 145 Å². The van der Waals surface area contributed by atoms with Crippen LogP contribution in [0.3, 0.4) is 0 Å². The van der Waals surface area contributed by atoms with Crippen molar-refractivity contribution in [2.75, 3.05) is 13.7 Å². The predicted molar refractivity (Wildman–Crippen MR) is 97.1 cm³/mol. The van der Waals surface area contributed by atoms with E-state index in [1.807, 2.05) is 42.5 Å². The van der Waals surface area contributed by atoms with Crippen molar-refractivity contribution in [3.63, 3.8) is 0 Å². The monoisotopic (exact) mass is 332 g/mol. The van der Waals surface area contributed by atoms with Gasteiger partial charge in [0.05, 0.1) is 18.2 Å². The van der Waals surface area contributed by atoms with Gasteiger partial charge in [-0.15, -0.1) is 6.42 Å². The number of benzene rings is 2. The number of nitrogens with one attached hydrogen (secondary N) is 1. The number of aromatic nitrogens is 2. The van der Waals surface area contributed by atoms with Gasteiger partial charge in [0.1, 0.15) is 23.7 Å². The molecule has 0 saturated carbocycles. The van der Waals surface area contributed by atoms with Gasteiger partial charge < -0.3 is 14.5 Å². The van der Waals surface area contributed by atoms with Crippen LogP contribution in [-0.4, -0.2) is 29.7 Å². The third kappa shape index (κ3) is 3.70. The summed E-state index contributed by atoms with van der Waals surface area (Å²) in [5, 5.41) is 0. The Morgan fingerprint density at radius 1 is 1.24 bits per heavy atom. The van der Waals surface area contributed by atoms with Crippen LogP contribution in [0.5, 0.6) is 5.75 Å². The molecule has 3 aromatic rings. The van der Waals surface area contributed by atoms with Gasteiger partial charge in [0, 0.05) is 0 Å². The second-order valence-corrected chi connectivity index (χ2v) is 5.21. The van der Waals surface area contributed by atoms with E-state index in [4.69, 9.17) is 15.9 Å². The van der Waals surface area contributed by atoms with E-state index in [-0.39, 0.29) is 6.61 Å². The number of carbonyl (C=O) groups is 1. The van der Waals surface area contributed by atoms with Gasteiger partial charge in [0.15, 0.2) is 0 Å². The molecule has 5 heteroatoms. The minimum absolute atomic E-state index is 0.247. The lowest BCUT2D eigenvalue weighted by Crippen LogP contribution is -2.01. The van der Waals surface area contributed by atoms with Crippen molar-refractivity contribution in [2.45, 2.75) is 0 Å². The first-order chi connectivity index (χ1) is 12.2. The standard InChI is InChI=1S/C20H16N2O3/c1-3-13-25-15-10-7-14(8-11-15)9-12-18-21-17-6-4-5-16(19(17)22-18)20(23)24-2/h1,4-12H,13H2,2H3,(H,21,22). The molecule has 0 aliphatic carbocycles. The summed E-state index contributed by atoms with van der Waals surface area (Å²) in [4.78, 5) is 19.4. The molecule has 124 valence electrons. The van der Waals surface area contributed by atoms with E-state index in [0.29, 0.717) is 16.9 Å². The van der Waals surface area contributed by atoms with E-state index in [0.717, 1.165) is 16.8 Å². The van der Waals surface area contributed by atoms with Crippen LogP contribution < -0.4 is 4.74 Å². The molecule has 5 nitrogen and oxygen atoms in total. The number of methoxy groups -OCH3 is 1. The first-order valence-corrected chi connectivity index (χ1v) is 7.62. The molecule has 0 atom stereocenters. The van der Waals surface area contributed by atoms with Crippen molar-refractivity contribution < 1.29 is 14.3 Å². The van der Waals surface area contributed by atoms with Crippen LogP contribution in [0.15, 0.2) is 42.5 Å². The summed E-state index contributed by atoms with van der Waals surface area (Å²) in [5.74, 6) is 3.39. The Morgan fingerprint density at radius 2 is 2.04 bits per heavy atom. The van der Waals surface area contributed by atoms with E-state index >= 15 is 0 Å². The van der Waals surface area contributed by atoms with Crippen molar-refractivity contribution >= 4 is 29.2 Å². The molecule has 0 aliphatic heterocycles. The fraction of sp³-hybridized carbons (Fsp3) is 0.100. The van der Waals surface area contributed by atoms with Crippen LogP contribution in [0.2, 0.25) is 0 Å². The quantitative estimate of drug-likeness (QED) is 0.573. The molecular weight excluding hydrogens is 316 g/mol. The number of rotatable bonds is 5. The summed E-state index contributed by atoms with van der Waals surface area (Å²) in [7, 11) is 1.35. The second-order valence-electron chi connectivity index (χ2n) is 5.21. The highest BCUT2D eigenvalue weighted by molar-refractivity contribution is 6.02. The molecule has 1 aromatic heterocycles. The summed E-state index contributed by atoms with van der Waals surface area (Å²) >= 11 is 0. The molecule has 0 spiro atoms. The number of H-pyrrole nitrogens is 1. The zero-order chi connectivity index (χ0) is 17.6. The summed E-state index contributed by atoms with van der Waals surface area (Å²) in [6.45, 7) is 0.247. The fourth-order valence-electron chi connectivity index (χ4n) is 2.38. The highest BCUT2D eigenvalue weighted by Gasteiger charge is 2.12. The highest BCUT2D eigenvalue weighted by atomic mass is 16.5. The van der Waals surface area contributed by atoms with E-state index in [1.165, 1.54) is 7.11 Å². The van der Waals surface area contributed by atoms with Crippen molar-refractivity contribution in [3.8, 4) is 18.1 Å². The predicted octanol–water partition coefficient (Wildman–Crippen LogP) is 3.53. The van der Waals surface area contributed by atoms with Gasteiger partial charge in [-0.25, -0.2) is 9.78 Å². The number of para-hydroxylation sites is 1. The normalized spacial score (nSPS) is 10.7. The van der Waals surface area contributed by atoms with Crippen molar-refractivity contribution in [1.29, 1.82) is 0 Å². The molecule has 25 heavy (non-hydrogen) atoms. The number of esters is 1. The van der Waals surface area contributed by atoms with Gasteiger partial charge in [-0.1, -0.05) is 30.2 Å². The van der Waals surface area contributed by atoms with Gasteiger partial charge in [0.25, 0.3) is 0 Å². The molecule has 0 amide bonds. The topological polar surface area (TPSA) is 64.2 Å². The van der Waals surface area contributed by atoms with E-state index < -0.39 is 5.97 Å². The molecule has 0 bridgehead atoms. The minimum Gasteiger partial charge on any atom is -0.481 e. The lowest BCUT2D eigenvalue weighted by Gasteiger charge is -2.01. The third-order valence-corrected chi connectivity index (χ3v) is 3.57.